The Kier molecular flexibility index (Phi) is 3.49. The molecule has 1 atom stereocenters. The first kappa shape index (κ1) is 14.4. The zero-order valence-electron chi connectivity index (χ0n) is 12.3. The van der Waals surface area contributed by atoms with Crippen molar-refractivity contribution >= 4 is 17.7 Å². The van der Waals surface area contributed by atoms with Crippen LogP contribution < -0.4 is 4.90 Å². The number of carbonyl (C=O) groups is 1. The number of cyclic esters (lactones) is 1. The summed E-state index contributed by atoms with van der Waals surface area (Å²) in [6.07, 6.45) is 1.01. The van der Waals surface area contributed by atoms with Crippen LogP contribution in [0, 0.1) is 16.7 Å². The largest absolute Gasteiger partial charge is 0.477 e. The van der Waals surface area contributed by atoms with Crippen LogP contribution in [-0.4, -0.2) is 31.2 Å². The Morgan fingerprint density at radius 2 is 2.18 bits per heavy atom. The molecule has 0 unspecified atom stereocenters. The highest BCUT2D eigenvalue weighted by atomic mass is 16.6. The van der Waals surface area contributed by atoms with E-state index in [9.17, 15) is 10.1 Å². The summed E-state index contributed by atoms with van der Waals surface area (Å²) in [6, 6.07) is 9.87. The van der Waals surface area contributed by atoms with Crippen molar-refractivity contribution in [1.82, 2.24) is 0 Å². The maximum absolute atomic E-state index is 11.9. The Balaban J connectivity index is 1.68. The first-order chi connectivity index (χ1) is 10.5. The number of nitriles is 1. The maximum atomic E-state index is 11.9. The molecular formula is C16H17N3O3. The van der Waals surface area contributed by atoms with E-state index in [2.05, 4.69) is 6.07 Å². The number of nitrogens with zero attached hydrogens (tertiary/aromatic N) is 2. The standard InChI is InChI=1S/C16H17N3O3/c1-11(18)21-9-14-8-19(15(20)22-14)13-4-2-12(3-5-13)16(10-17)6-7-16/h2-5,14,18H,6-9H2,1H3/t14-/m1/s1. The molecule has 6 heteroatoms. The second kappa shape index (κ2) is 5.34. The average molecular weight is 299 g/mol. The Hall–Kier alpha value is -2.55. The second-order valence-corrected chi connectivity index (χ2v) is 5.72. The lowest BCUT2D eigenvalue weighted by Crippen LogP contribution is -2.26. The zero-order valence-corrected chi connectivity index (χ0v) is 12.3. The molecule has 1 amide bonds. The van der Waals surface area contributed by atoms with Crippen molar-refractivity contribution in [3.8, 4) is 6.07 Å². The van der Waals surface area contributed by atoms with Crippen LogP contribution in [0.15, 0.2) is 24.3 Å². The summed E-state index contributed by atoms with van der Waals surface area (Å²) in [7, 11) is 0. The van der Waals surface area contributed by atoms with Crippen molar-refractivity contribution in [2.75, 3.05) is 18.1 Å². The third kappa shape index (κ3) is 2.62. The summed E-state index contributed by atoms with van der Waals surface area (Å²) in [4.78, 5) is 13.5. The molecule has 114 valence electrons. The molecule has 0 bridgehead atoms. The van der Waals surface area contributed by atoms with E-state index in [-0.39, 0.29) is 24.0 Å². The van der Waals surface area contributed by atoms with Gasteiger partial charge in [0.1, 0.15) is 6.61 Å². The first-order valence-electron chi connectivity index (χ1n) is 7.22. The van der Waals surface area contributed by atoms with Crippen LogP contribution in [-0.2, 0) is 14.9 Å². The highest BCUT2D eigenvalue weighted by molar-refractivity contribution is 5.89. The molecule has 2 fully saturated rings. The maximum Gasteiger partial charge on any atom is 0.414 e. The van der Waals surface area contributed by atoms with Crippen molar-refractivity contribution in [3.05, 3.63) is 29.8 Å². The van der Waals surface area contributed by atoms with Gasteiger partial charge in [-0.1, -0.05) is 12.1 Å². The van der Waals surface area contributed by atoms with E-state index < -0.39 is 6.09 Å². The number of hydrogen-bond donors (Lipinski definition) is 1. The Morgan fingerprint density at radius 1 is 1.50 bits per heavy atom. The third-order valence-corrected chi connectivity index (χ3v) is 4.06. The van der Waals surface area contributed by atoms with Gasteiger partial charge in [0.05, 0.1) is 18.0 Å². The molecule has 0 radical (unpaired) electrons. The van der Waals surface area contributed by atoms with Gasteiger partial charge in [-0.15, -0.1) is 0 Å². The minimum atomic E-state index is -0.412. The van der Waals surface area contributed by atoms with Crippen molar-refractivity contribution in [2.24, 2.45) is 0 Å². The second-order valence-electron chi connectivity index (χ2n) is 5.72. The van der Waals surface area contributed by atoms with Gasteiger partial charge in [0.25, 0.3) is 0 Å². The number of hydrogen-bond acceptors (Lipinski definition) is 5. The SMILES string of the molecule is CC(=N)OC[C@H]1CN(c2ccc(C3(C#N)CC3)cc2)C(=O)O1. The highest BCUT2D eigenvalue weighted by Crippen LogP contribution is 2.47. The monoisotopic (exact) mass is 299 g/mol. The Bertz CT molecular complexity index is 644. The molecule has 1 N–H and O–H groups in total. The minimum Gasteiger partial charge on any atom is -0.477 e. The van der Waals surface area contributed by atoms with E-state index in [0.29, 0.717) is 6.54 Å². The summed E-state index contributed by atoms with van der Waals surface area (Å²) in [5.74, 6) is 0.102. The lowest BCUT2D eigenvalue weighted by atomic mass is 9.97. The molecule has 1 aliphatic carbocycles. The van der Waals surface area contributed by atoms with E-state index in [1.165, 1.54) is 6.92 Å². The van der Waals surface area contributed by atoms with E-state index in [4.69, 9.17) is 14.9 Å². The number of amides is 1. The smallest absolute Gasteiger partial charge is 0.414 e. The van der Waals surface area contributed by atoms with Crippen molar-refractivity contribution < 1.29 is 14.3 Å². The molecule has 1 saturated carbocycles. The number of carbonyl (C=O) groups excluding carboxylic acids is 1. The van der Waals surface area contributed by atoms with E-state index in [1.807, 2.05) is 24.3 Å². The van der Waals surface area contributed by atoms with Gasteiger partial charge in [-0.3, -0.25) is 10.3 Å². The summed E-state index contributed by atoms with van der Waals surface area (Å²) in [5, 5.41) is 16.4. The molecule has 1 aromatic rings. The Labute approximate surface area is 128 Å². The van der Waals surface area contributed by atoms with Crippen molar-refractivity contribution in [1.29, 1.82) is 10.7 Å². The lowest BCUT2D eigenvalue weighted by Gasteiger charge is -2.14. The predicted octanol–water partition coefficient (Wildman–Crippen LogP) is 2.58. The van der Waals surface area contributed by atoms with E-state index in [1.54, 1.807) is 4.90 Å². The molecule has 1 saturated heterocycles. The van der Waals surface area contributed by atoms with Crippen LogP contribution in [0.25, 0.3) is 0 Å². The first-order valence-corrected chi connectivity index (χ1v) is 7.22. The summed E-state index contributed by atoms with van der Waals surface area (Å²) in [6.45, 7) is 2.12. The minimum absolute atomic E-state index is 0.102. The van der Waals surface area contributed by atoms with Gasteiger partial charge in [-0.25, -0.2) is 4.79 Å². The van der Waals surface area contributed by atoms with Gasteiger partial charge in [0, 0.05) is 12.6 Å². The molecule has 1 aliphatic heterocycles. The number of nitrogens with one attached hydrogen (secondary N) is 1. The molecule has 0 aromatic heterocycles. The third-order valence-electron chi connectivity index (χ3n) is 4.06. The van der Waals surface area contributed by atoms with Gasteiger partial charge < -0.3 is 9.47 Å². The fourth-order valence-corrected chi connectivity index (χ4v) is 2.59. The molecule has 22 heavy (non-hydrogen) atoms. The van der Waals surface area contributed by atoms with Gasteiger partial charge in [-0.05, 0) is 30.5 Å². The fourth-order valence-electron chi connectivity index (χ4n) is 2.59. The van der Waals surface area contributed by atoms with Gasteiger partial charge >= 0.3 is 6.09 Å². The van der Waals surface area contributed by atoms with E-state index in [0.717, 1.165) is 24.1 Å². The number of ether oxygens (including phenoxy) is 2. The van der Waals surface area contributed by atoms with Crippen molar-refractivity contribution in [3.63, 3.8) is 0 Å². The lowest BCUT2D eigenvalue weighted by molar-refractivity contribution is 0.100. The number of anilines is 1. The Morgan fingerprint density at radius 3 is 2.73 bits per heavy atom. The molecule has 3 rings (SSSR count). The fraction of sp³-hybridized carbons (Fsp3) is 0.438. The molecular weight excluding hydrogens is 282 g/mol. The highest BCUT2D eigenvalue weighted by Gasteiger charge is 2.44. The number of benzene rings is 1. The van der Waals surface area contributed by atoms with E-state index >= 15 is 0 Å². The van der Waals surface area contributed by atoms with Crippen LogP contribution in [0.1, 0.15) is 25.3 Å². The van der Waals surface area contributed by atoms with Crippen LogP contribution in [0.5, 0.6) is 0 Å². The summed E-state index contributed by atoms with van der Waals surface area (Å²) in [5.41, 5.74) is 1.43. The van der Waals surface area contributed by atoms with Crippen LogP contribution in [0.2, 0.25) is 0 Å². The average Bonchev–Trinajstić information content (AvgIpc) is 3.23. The number of rotatable bonds is 4. The molecule has 2 aliphatic rings. The molecule has 6 nitrogen and oxygen atoms in total. The van der Waals surface area contributed by atoms with Crippen molar-refractivity contribution in [2.45, 2.75) is 31.3 Å². The quantitative estimate of drug-likeness (QED) is 0.684. The topological polar surface area (TPSA) is 86.4 Å². The summed E-state index contributed by atoms with van der Waals surface area (Å²) >= 11 is 0. The van der Waals surface area contributed by atoms with Crippen LogP contribution in [0.3, 0.4) is 0 Å². The molecule has 0 spiro atoms. The normalized spacial score (nSPS) is 21.9. The molecule has 1 aromatic carbocycles. The van der Waals surface area contributed by atoms with Crippen LogP contribution in [0.4, 0.5) is 10.5 Å². The van der Waals surface area contributed by atoms with Gasteiger partial charge in [0.15, 0.2) is 12.0 Å². The van der Waals surface area contributed by atoms with Crippen LogP contribution >= 0.6 is 0 Å². The van der Waals surface area contributed by atoms with Gasteiger partial charge in [-0.2, -0.15) is 5.26 Å². The molecule has 1 heterocycles. The predicted molar refractivity (Wildman–Crippen MR) is 79.9 cm³/mol. The summed E-state index contributed by atoms with van der Waals surface area (Å²) < 4.78 is 10.3. The van der Waals surface area contributed by atoms with Gasteiger partial charge in [0.2, 0.25) is 0 Å². The zero-order chi connectivity index (χ0) is 15.7.